The van der Waals surface area contributed by atoms with Crippen LogP contribution >= 0.6 is 0 Å². The number of carbonyl (C=O) groups excluding carboxylic acids is 1. The first kappa shape index (κ1) is 4.32. The first-order chi connectivity index (χ1) is 3.33. The summed E-state index contributed by atoms with van der Waals surface area (Å²) in [6, 6.07) is 0. The van der Waals surface area contributed by atoms with E-state index < -0.39 is 5.54 Å². The molecular weight excluding hydrogens is 90.1 g/mol. The molecule has 0 spiro atoms. The number of carbonyl (C=O) groups is 1. The molecule has 0 aromatic carbocycles. The molecule has 0 unspecified atom stereocenters. The number of hydrogen-bond acceptors (Lipinski definition) is 1. The summed E-state index contributed by atoms with van der Waals surface area (Å²) in [5, 5.41) is 0. The molecule has 0 aliphatic heterocycles. The van der Waals surface area contributed by atoms with Gasteiger partial charge in [-0.05, 0) is 0 Å². The first-order valence-corrected chi connectivity index (χ1v) is 2.18. The molecule has 2 nitrogen and oxygen atoms in total. The Balaban J connectivity index is 2.64. The van der Waals surface area contributed by atoms with Crippen molar-refractivity contribution in [2.75, 3.05) is 0 Å². The van der Waals surface area contributed by atoms with Crippen molar-refractivity contribution in [3.8, 4) is 0 Å². The van der Waals surface area contributed by atoms with E-state index >= 15 is 0 Å². The predicted octanol–water partition coefficient (Wildman–Crippen LogP) is 0.637. The third-order valence-electron chi connectivity index (χ3n) is 1.20. The monoisotopic (exact) mass is 95.0 g/mol. The van der Waals surface area contributed by atoms with Crippen LogP contribution in [-0.2, 0) is 4.79 Å². The zero-order valence-corrected chi connectivity index (χ0v) is 3.85. The van der Waals surface area contributed by atoms with E-state index in [9.17, 15) is 4.79 Å². The van der Waals surface area contributed by atoms with Crippen LogP contribution in [0.2, 0.25) is 0 Å². The van der Waals surface area contributed by atoms with E-state index in [-0.39, 0.29) is 0 Å². The molecule has 2 heteroatoms. The van der Waals surface area contributed by atoms with E-state index in [0.717, 1.165) is 19.1 Å². The van der Waals surface area contributed by atoms with Crippen molar-refractivity contribution in [3.05, 3.63) is 11.4 Å². The number of aldehydes is 1. The Kier molecular flexibility index (Phi) is 0.657. The van der Waals surface area contributed by atoms with Crippen LogP contribution in [-0.4, -0.2) is 11.8 Å². The van der Waals surface area contributed by atoms with Gasteiger partial charge in [0.15, 0.2) is 0 Å². The summed E-state index contributed by atoms with van der Waals surface area (Å²) < 4.78 is 0. The average molecular weight is 95.1 g/mol. The molecule has 0 aromatic heterocycles. The SMILES string of the molecule is [C-]#[N+]C1(C=O)CC1. The summed E-state index contributed by atoms with van der Waals surface area (Å²) in [6.45, 7) is 6.46. The predicted molar refractivity (Wildman–Crippen MR) is 24.6 cm³/mol. The third-order valence-corrected chi connectivity index (χ3v) is 1.20. The Bertz CT molecular complexity index is 130. The van der Waals surface area contributed by atoms with E-state index in [2.05, 4.69) is 4.85 Å². The van der Waals surface area contributed by atoms with Crippen molar-refractivity contribution < 1.29 is 4.79 Å². The second-order valence-electron chi connectivity index (χ2n) is 1.83. The van der Waals surface area contributed by atoms with Gasteiger partial charge in [0.2, 0.25) is 6.29 Å². The molecule has 0 radical (unpaired) electrons. The molecule has 1 aliphatic rings. The zero-order chi connectivity index (χ0) is 5.33. The molecule has 7 heavy (non-hydrogen) atoms. The highest BCUT2D eigenvalue weighted by molar-refractivity contribution is 5.71. The van der Waals surface area contributed by atoms with Gasteiger partial charge in [-0.25, -0.2) is 6.57 Å². The highest BCUT2D eigenvalue weighted by Gasteiger charge is 2.50. The largest absolute Gasteiger partial charge is 0.302 e. The normalized spacial score (nSPS) is 22.7. The lowest BCUT2D eigenvalue weighted by molar-refractivity contribution is -0.108. The van der Waals surface area contributed by atoms with Crippen LogP contribution in [0.4, 0.5) is 0 Å². The minimum absolute atomic E-state index is 0.556. The first-order valence-electron chi connectivity index (χ1n) is 2.18. The van der Waals surface area contributed by atoms with Crippen LogP contribution in [0, 0.1) is 6.57 Å². The van der Waals surface area contributed by atoms with Crippen molar-refractivity contribution >= 4 is 6.29 Å². The Hall–Kier alpha value is -0.840. The summed E-state index contributed by atoms with van der Waals surface area (Å²) in [7, 11) is 0. The highest BCUT2D eigenvalue weighted by Crippen LogP contribution is 2.37. The summed E-state index contributed by atoms with van der Waals surface area (Å²) in [4.78, 5) is 13.0. The molecule has 0 aromatic rings. The van der Waals surface area contributed by atoms with Gasteiger partial charge in [0.25, 0.3) is 5.54 Å². The fourth-order valence-electron chi connectivity index (χ4n) is 0.384. The Morgan fingerprint density at radius 3 is 2.29 bits per heavy atom. The maximum Gasteiger partial charge on any atom is 0.287 e. The fourth-order valence-corrected chi connectivity index (χ4v) is 0.384. The van der Waals surface area contributed by atoms with Gasteiger partial charge in [-0.2, -0.15) is 0 Å². The molecule has 0 atom stereocenters. The van der Waals surface area contributed by atoms with Gasteiger partial charge in [-0.3, -0.25) is 4.79 Å². The maximum absolute atomic E-state index is 9.91. The summed E-state index contributed by atoms with van der Waals surface area (Å²) in [5.41, 5.74) is -0.556. The molecule has 36 valence electrons. The van der Waals surface area contributed by atoms with Gasteiger partial charge in [0.05, 0.1) is 0 Å². The second-order valence-corrected chi connectivity index (χ2v) is 1.83. The Morgan fingerprint density at radius 2 is 2.29 bits per heavy atom. The number of nitrogens with zero attached hydrogens (tertiary/aromatic N) is 1. The van der Waals surface area contributed by atoms with Crippen molar-refractivity contribution in [3.63, 3.8) is 0 Å². The molecule has 1 saturated carbocycles. The zero-order valence-electron chi connectivity index (χ0n) is 3.85. The van der Waals surface area contributed by atoms with Crippen LogP contribution in [0.1, 0.15) is 12.8 Å². The van der Waals surface area contributed by atoms with Crippen molar-refractivity contribution in [2.24, 2.45) is 0 Å². The number of hydrogen-bond donors (Lipinski definition) is 0. The molecule has 0 N–H and O–H groups in total. The topological polar surface area (TPSA) is 21.4 Å². The Morgan fingerprint density at radius 1 is 1.71 bits per heavy atom. The van der Waals surface area contributed by atoms with Crippen LogP contribution in [0.5, 0.6) is 0 Å². The van der Waals surface area contributed by atoms with E-state index in [1.807, 2.05) is 0 Å². The van der Waals surface area contributed by atoms with Crippen molar-refractivity contribution in [1.29, 1.82) is 0 Å². The third kappa shape index (κ3) is 0.499. The van der Waals surface area contributed by atoms with E-state index in [0.29, 0.717) is 0 Å². The molecule has 0 bridgehead atoms. The molecular formula is C5H5NO. The van der Waals surface area contributed by atoms with Gasteiger partial charge in [0.1, 0.15) is 0 Å². The summed E-state index contributed by atoms with van der Waals surface area (Å²) in [5.74, 6) is 0. The quantitative estimate of drug-likeness (QED) is 0.346. The lowest BCUT2D eigenvalue weighted by atomic mass is 10.3. The van der Waals surface area contributed by atoms with Gasteiger partial charge >= 0.3 is 0 Å². The lowest BCUT2D eigenvalue weighted by Crippen LogP contribution is -2.00. The molecule has 0 saturated heterocycles. The van der Waals surface area contributed by atoms with E-state index in [1.165, 1.54) is 0 Å². The molecule has 0 amide bonds. The minimum atomic E-state index is -0.556. The van der Waals surface area contributed by atoms with Gasteiger partial charge < -0.3 is 4.85 Å². The lowest BCUT2D eigenvalue weighted by Gasteiger charge is -1.80. The molecule has 1 fully saturated rings. The summed E-state index contributed by atoms with van der Waals surface area (Å²) in [6.07, 6.45) is 2.31. The highest BCUT2D eigenvalue weighted by atomic mass is 16.1. The van der Waals surface area contributed by atoms with E-state index in [1.54, 1.807) is 0 Å². The fraction of sp³-hybridized carbons (Fsp3) is 0.600. The van der Waals surface area contributed by atoms with Crippen LogP contribution in [0.25, 0.3) is 4.85 Å². The average Bonchev–Trinajstić information content (AvgIpc) is 2.46. The van der Waals surface area contributed by atoms with Gasteiger partial charge in [-0.1, -0.05) is 0 Å². The van der Waals surface area contributed by atoms with Gasteiger partial charge in [-0.15, -0.1) is 0 Å². The Labute approximate surface area is 42.0 Å². The van der Waals surface area contributed by atoms with Crippen LogP contribution in [0.3, 0.4) is 0 Å². The maximum atomic E-state index is 9.91. The van der Waals surface area contributed by atoms with Crippen LogP contribution in [0.15, 0.2) is 0 Å². The van der Waals surface area contributed by atoms with Crippen molar-refractivity contribution in [1.82, 2.24) is 0 Å². The summed E-state index contributed by atoms with van der Waals surface area (Å²) >= 11 is 0. The smallest absolute Gasteiger partial charge is 0.287 e. The molecule has 0 heterocycles. The van der Waals surface area contributed by atoms with Crippen LogP contribution < -0.4 is 0 Å². The standard InChI is InChI=1S/C5H5NO/c1-6-5(4-7)2-3-5/h4H,2-3H2. The van der Waals surface area contributed by atoms with E-state index in [4.69, 9.17) is 6.57 Å². The van der Waals surface area contributed by atoms with Gasteiger partial charge in [0, 0.05) is 12.8 Å². The van der Waals surface area contributed by atoms with Crippen molar-refractivity contribution in [2.45, 2.75) is 18.4 Å². The number of rotatable bonds is 1. The molecule has 1 aliphatic carbocycles. The molecule has 1 rings (SSSR count). The second kappa shape index (κ2) is 1.06. The minimum Gasteiger partial charge on any atom is -0.302 e.